The molecule has 6 heteroatoms. The summed E-state index contributed by atoms with van der Waals surface area (Å²) in [6, 6.07) is 16.0. The second-order valence-corrected chi connectivity index (χ2v) is 6.16. The molecule has 0 radical (unpaired) electrons. The van der Waals surface area contributed by atoms with Crippen LogP contribution in [0.4, 0.5) is 0 Å². The van der Waals surface area contributed by atoms with E-state index in [1.165, 1.54) is 0 Å². The Labute approximate surface area is 151 Å². The number of allylic oxidation sites excluding steroid dienone is 1. The molecule has 1 atom stereocenters. The van der Waals surface area contributed by atoms with Crippen LogP contribution in [-0.2, 0) is 6.54 Å². The average Bonchev–Trinajstić information content (AvgIpc) is 2.97. The standard InChI is InChI=1S/C20H17N5O/c1-13-17-18(15-8-5-9-23-11-15)16(10-21)19(22)26-20(17)25(24-13)12-14-6-3-2-4-7-14/h2-9,11,18H,12,22H2,1H3/t18-/m0/s1. The summed E-state index contributed by atoms with van der Waals surface area (Å²) < 4.78 is 7.62. The van der Waals surface area contributed by atoms with Crippen LogP contribution in [0.2, 0.25) is 0 Å². The fourth-order valence-corrected chi connectivity index (χ4v) is 3.32. The van der Waals surface area contributed by atoms with Gasteiger partial charge >= 0.3 is 0 Å². The lowest BCUT2D eigenvalue weighted by Crippen LogP contribution is -2.22. The van der Waals surface area contributed by atoms with Crippen molar-refractivity contribution in [3.05, 3.63) is 88.7 Å². The summed E-state index contributed by atoms with van der Waals surface area (Å²) in [7, 11) is 0. The summed E-state index contributed by atoms with van der Waals surface area (Å²) in [4.78, 5) is 4.19. The Morgan fingerprint density at radius 3 is 2.73 bits per heavy atom. The molecule has 26 heavy (non-hydrogen) atoms. The highest BCUT2D eigenvalue weighted by atomic mass is 16.5. The topological polar surface area (TPSA) is 89.8 Å². The summed E-state index contributed by atoms with van der Waals surface area (Å²) in [6.45, 7) is 2.48. The van der Waals surface area contributed by atoms with Crippen molar-refractivity contribution in [1.82, 2.24) is 14.8 Å². The van der Waals surface area contributed by atoms with Gasteiger partial charge in [0.2, 0.25) is 11.8 Å². The van der Waals surface area contributed by atoms with Crippen LogP contribution < -0.4 is 10.5 Å². The van der Waals surface area contributed by atoms with E-state index in [1.54, 1.807) is 17.1 Å². The first-order valence-corrected chi connectivity index (χ1v) is 8.27. The second kappa shape index (κ2) is 6.37. The smallest absolute Gasteiger partial charge is 0.224 e. The number of nitrogens with two attached hydrogens (primary N) is 1. The molecule has 0 fully saturated rings. The number of hydrogen-bond donors (Lipinski definition) is 1. The van der Waals surface area contributed by atoms with E-state index in [-0.39, 0.29) is 11.8 Å². The van der Waals surface area contributed by atoms with Gasteiger partial charge in [0.05, 0.1) is 23.7 Å². The van der Waals surface area contributed by atoms with E-state index in [0.717, 1.165) is 22.4 Å². The number of fused-ring (bicyclic) bond motifs is 1. The Hall–Kier alpha value is -3.59. The van der Waals surface area contributed by atoms with Crippen molar-refractivity contribution >= 4 is 0 Å². The lowest BCUT2D eigenvalue weighted by Gasteiger charge is -2.24. The van der Waals surface area contributed by atoms with Crippen LogP contribution in [-0.4, -0.2) is 14.8 Å². The third-order valence-corrected chi connectivity index (χ3v) is 4.49. The van der Waals surface area contributed by atoms with Crippen molar-refractivity contribution in [3.63, 3.8) is 0 Å². The molecule has 1 aliphatic rings. The maximum absolute atomic E-state index is 9.64. The minimum Gasteiger partial charge on any atom is -0.422 e. The van der Waals surface area contributed by atoms with Crippen LogP contribution in [0, 0.1) is 18.3 Å². The van der Waals surface area contributed by atoms with Crippen LogP contribution >= 0.6 is 0 Å². The molecule has 1 aromatic carbocycles. The van der Waals surface area contributed by atoms with Gasteiger partial charge in [0.25, 0.3) is 0 Å². The third-order valence-electron chi connectivity index (χ3n) is 4.49. The van der Waals surface area contributed by atoms with Crippen molar-refractivity contribution < 1.29 is 4.74 Å². The van der Waals surface area contributed by atoms with Gasteiger partial charge in [-0.15, -0.1) is 0 Å². The maximum Gasteiger partial charge on any atom is 0.224 e. The largest absolute Gasteiger partial charge is 0.422 e. The van der Waals surface area contributed by atoms with Crippen LogP contribution in [0.5, 0.6) is 5.88 Å². The minimum atomic E-state index is -0.332. The van der Waals surface area contributed by atoms with Crippen molar-refractivity contribution in [3.8, 4) is 11.9 Å². The molecule has 2 aromatic heterocycles. The third kappa shape index (κ3) is 2.60. The first kappa shape index (κ1) is 15.9. The number of hydrogen-bond acceptors (Lipinski definition) is 5. The highest BCUT2D eigenvalue weighted by Gasteiger charge is 2.35. The van der Waals surface area contributed by atoms with Gasteiger partial charge in [0.15, 0.2) is 0 Å². The van der Waals surface area contributed by atoms with Crippen molar-refractivity contribution in [2.24, 2.45) is 5.73 Å². The zero-order valence-corrected chi connectivity index (χ0v) is 14.3. The molecule has 0 spiro atoms. The van der Waals surface area contributed by atoms with E-state index in [2.05, 4.69) is 16.2 Å². The molecule has 6 nitrogen and oxygen atoms in total. The van der Waals surface area contributed by atoms with E-state index in [0.29, 0.717) is 18.0 Å². The summed E-state index contributed by atoms with van der Waals surface area (Å²) in [5.41, 5.74) is 10.1. The van der Waals surface area contributed by atoms with E-state index in [4.69, 9.17) is 10.5 Å². The van der Waals surface area contributed by atoms with E-state index in [1.807, 2.05) is 49.4 Å². The minimum absolute atomic E-state index is 0.114. The molecular formula is C20H17N5O. The molecule has 3 heterocycles. The predicted octanol–water partition coefficient (Wildman–Crippen LogP) is 2.85. The number of aromatic nitrogens is 3. The first-order valence-electron chi connectivity index (χ1n) is 8.27. The zero-order chi connectivity index (χ0) is 18.1. The van der Waals surface area contributed by atoms with E-state index in [9.17, 15) is 5.26 Å². The van der Waals surface area contributed by atoms with Crippen molar-refractivity contribution in [2.75, 3.05) is 0 Å². The zero-order valence-electron chi connectivity index (χ0n) is 14.3. The molecule has 3 aromatic rings. The van der Waals surface area contributed by atoms with Gasteiger partial charge in [-0.05, 0) is 24.1 Å². The fourth-order valence-electron chi connectivity index (χ4n) is 3.32. The molecule has 0 aliphatic carbocycles. The molecule has 2 N–H and O–H groups in total. The van der Waals surface area contributed by atoms with Gasteiger partial charge in [0, 0.05) is 12.4 Å². The lowest BCUT2D eigenvalue weighted by atomic mass is 9.85. The van der Waals surface area contributed by atoms with Crippen LogP contribution in [0.1, 0.15) is 28.3 Å². The number of ether oxygens (including phenoxy) is 1. The van der Waals surface area contributed by atoms with Crippen LogP contribution in [0.25, 0.3) is 0 Å². The maximum atomic E-state index is 9.64. The number of nitriles is 1. The van der Waals surface area contributed by atoms with Gasteiger partial charge in [-0.2, -0.15) is 10.4 Å². The SMILES string of the molecule is Cc1nn(Cc2ccccc2)c2c1[C@@H](c1cccnc1)C(C#N)=C(N)O2. The van der Waals surface area contributed by atoms with Gasteiger partial charge in [-0.3, -0.25) is 4.98 Å². The second-order valence-electron chi connectivity index (χ2n) is 6.16. The number of rotatable bonds is 3. The van der Waals surface area contributed by atoms with Gasteiger partial charge in [-0.25, -0.2) is 4.68 Å². The number of pyridine rings is 1. The Morgan fingerprint density at radius 2 is 2.04 bits per heavy atom. The molecule has 0 bridgehead atoms. The van der Waals surface area contributed by atoms with E-state index >= 15 is 0 Å². The Balaban J connectivity index is 1.85. The average molecular weight is 343 g/mol. The molecule has 1 aliphatic heterocycles. The highest BCUT2D eigenvalue weighted by molar-refractivity contribution is 5.55. The Bertz CT molecular complexity index is 1020. The molecular weight excluding hydrogens is 326 g/mol. The summed E-state index contributed by atoms with van der Waals surface area (Å²) in [6.07, 6.45) is 3.45. The molecule has 0 amide bonds. The fraction of sp³-hybridized carbons (Fsp3) is 0.150. The van der Waals surface area contributed by atoms with Crippen LogP contribution in [0.3, 0.4) is 0 Å². The number of aryl methyl sites for hydroxylation is 1. The molecule has 4 rings (SSSR count). The van der Waals surface area contributed by atoms with Gasteiger partial charge < -0.3 is 10.5 Å². The van der Waals surface area contributed by atoms with E-state index < -0.39 is 0 Å². The van der Waals surface area contributed by atoms with Gasteiger partial charge in [-0.1, -0.05) is 36.4 Å². The van der Waals surface area contributed by atoms with Gasteiger partial charge in [0.1, 0.15) is 11.6 Å². The normalized spacial score (nSPS) is 15.9. The molecule has 0 saturated heterocycles. The quantitative estimate of drug-likeness (QED) is 0.790. The van der Waals surface area contributed by atoms with Crippen LogP contribution in [0.15, 0.2) is 66.3 Å². The summed E-state index contributed by atoms with van der Waals surface area (Å²) in [5, 5.41) is 14.3. The Kier molecular flexibility index (Phi) is 3.90. The number of benzene rings is 1. The molecule has 128 valence electrons. The Morgan fingerprint density at radius 1 is 1.23 bits per heavy atom. The first-order chi connectivity index (χ1) is 12.7. The van der Waals surface area contributed by atoms with Crippen molar-refractivity contribution in [2.45, 2.75) is 19.4 Å². The predicted molar refractivity (Wildman–Crippen MR) is 96.0 cm³/mol. The van der Waals surface area contributed by atoms with Crippen molar-refractivity contribution in [1.29, 1.82) is 5.26 Å². The molecule has 0 unspecified atom stereocenters. The molecule has 0 saturated carbocycles. The summed E-state index contributed by atoms with van der Waals surface area (Å²) >= 11 is 0. The highest BCUT2D eigenvalue weighted by Crippen LogP contribution is 2.43. The summed E-state index contributed by atoms with van der Waals surface area (Å²) in [5.74, 6) is 0.363. The number of nitrogens with zero attached hydrogens (tertiary/aromatic N) is 4. The monoisotopic (exact) mass is 343 g/mol. The lowest BCUT2D eigenvalue weighted by molar-refractivity contribution is 0.352.